The lowest BCUT2D eigenvalue weighted by molar-refractivity contribution is 0.129. The third-order valence-electron chi connectivity index (χ3n) is 4.90. The van der Waals surface area contributed by atoms with Crippen molar-refractivity contribution in [2.75, 3.05) is 52.9 Å². The number of guanidine groups is 1. The van der Waals surface area contributed by atoms with Crippen LogP contribution < -0.4 is 10.6 Å². The van der Waals surface area contributed by atoms with Crippen molar-refractivity contribution in [2.24, 2.45) is 4.99 Å². The number of furan rings is 1. The first-order valence-electron chi connectivity index (χ1n) is 9.79. The summed E-state index contributed by atoms with van der Waals surface area (Å²) in [6, 6.07) is 14.6. The van der Waals surface area contributed by atoms with Gasteiger partial charge in [0.05, 0.1) is 6.26 Å². The van der Waals surface area contributed by atoms with E-state index < -0.39 is 0 Å². The minimum Gasteiger partial charge on any atom is -0.469 e. The van der Waals surface area contributed by atoms with Crippen LogP contribution in [0.15, 0.2) is 58.1 Å². The Morgan fingerprint density at radius 2 is 1.70 bits per heavy atom. The smallest absolute Gasteiger partial charge is 0.191 e. The maximum Gasteiger partial charge on any atom is 0.191 e. The molecule has 0 unspecified atom stereocenters. The van der Waals surface area contributed by atoms with E-state index in [9.17, 15) is 0 Å². The summed E-state index contributed by atoms with van der Waals surface area (Å²) in [5.74, 6) is 1.84. The number of rotatable bonds is 8. The van der Waals surface area contributed by atoms with Crippen LogP contribution in [0.2, 0.25) is 0 Å². The molecule has 2 heterocycles. The average molecular weight is 370 g/mol. The number of hydrogen-bond acceptors (Lipinski definition) is 4. The topological polar surface area (TPSA) is 56.0 Å². The quantitative estimate of drug-likeness (QED) is 0.549. The second-order valence-electron chi connectivity index (χ2n) is 6.86. The number of nitrogens with zero attached hydrogens (tertiary/aromatic N) is 3. The van der Waals surface area contributed by atoms with Gasteiger partial charge in [-0.3, -0.25) is 14.8 Å². The third kappa shape index (κ3) is 6.73. The Kier molecular flexibility index (Phi) is 7.74. The van der Waals surface area contributed by atoms with E-state index in [1.807, 2.05) is 19.2 Å². The minimum absolute atomic E-state index is 0.811. The molecular weight excluding hydrogens is 338 g/mol. The van der Waals surface area contributed by atoms with Crippen LogP contribution >= 0.6 is 0 Å². The van der Waals surface area contributed by atoms with Crippen molar-refractivity contribution >= 4 is 5.96 Å². The van der Waals surface area contributed by atoms with Gasteiger partial charge in [-0.2, -0.15) is 0 Å². The van der Waals surface area contributed by atoms with E-state index in [1.165, 1.54) is 5.56 Å². The number of piperazine rings is 1. The zero-order valence-electron chi connectivity index (χ0n) is 16.2. The van der Waals surface area contributed by atoms with E-state index in [4.69, 9.17) is 4.42 Å². The fourth-order valence-corrected chi connectivity index (χ4v) is 3.32. The lowest BCUT2D eigenvalue weighted by Crippen LogP contribution is -2.49. The summed E-state index contributed by atoms with van der Waals surface area (Å²) in [4.78, 5) is 9.34. The first-order chi connectivity index (χ1) is 13.3. The van der Waals surface area contributed by atoms with Crippen molar-refractivity contribution in [3.8, 4) is 0 Å². The van der Waals surface area contributed by atoms with Crippen molar-refractivity contribution in [1.29, 1.82) is 0 Å². The van der Waals surface area contributed by atoms with E-state index >= 15 is 0 Å². The Balaban J connectivity index is 1.28. The summed E-state index contributed by atoms with van der Waals surface area (Å²) in [5.41, 5.74) is 1.40. The lowest BCUT2D eigenvalue weighted by atomic mass is 10.2. The molecule has 6 heteroatoms. The first-order valence-corrected chi connectivity index (χ1v) is 9.79. The van der Waals surface area contributed by atoms with Crippen molar-refractivity contribution < 1.29 is 4.42 Å². The van der Waals surface area contributed by atoms with Crippen LogP contribution in [0.4, 0.5) is 0 Å². The Bertz CT molecular complexity index is 663. The van der Waals surface area contributed by atoms with Crippen molar-refractivity contribution in [3.05, 3.63) is 60.1 Å². The molecular formula is C21H31N5O. The van der Waals surface area contributed by atoms with Gasteiger partial charge >= 0.3 is 0 Å². The molecule has 0 aliphatic carbocycles. The molecule has 3 rings (SSSR count). The van der Waals surface area contributed by atoms with Crippen LogP contribution in [0.3, 0.4) is 0 Å². The van der Waals surface area contributed by atoms with Gasteiger partial charge in [0.2, 0.25) is 0 Å². The highest BCUT2D eigenvalue weighted by Gasteiger charge is 2.16. The monoisotopic (exact) mass is 369 g/mol. The van der Waals surface area contributed by atoms with E-state index in [0.717, 1.165) is 70.5 Å². The highest BCUT2D eigenvalue weighted by Crippen LogP contribution is 2.08. The van der Waals surface area contributed by atoms with Crippen LogP contribution in [-0.2, 0) is 13.0 Å². The van der Waals surface area contributed by atoms with Gasteiger partial charge in [0, 0.05) is 65.8 Å². The summed E-state index contributed by atoms with van der Waals surface area (Å²) in [5, 5.41) is 6.73. The second kappa shape index (κ2) is 10.7. The maximum absolute atomic E-state index is 5.34. The SMILES string of the molecule is CN=C(NCCc1ccco1)NCCN1CCN(Cc2ccccc2)CC1. The fraction of sp³-hybridized carbons (Fsp3) is 0.476. The van der Waals surface area contributed by atoms with Gasteiger partial charge < -0.3 is 15.1 Å². The molecule has 0 spiro atoms. The number of hydrogen-bond donors (Lipinski definition) is 2. The molecule has 146 valence electrons. The van der Waals surface area contributed by atoms with Crippen LogP contribution in [0.1, 0.15) is 11.3 Å². The maximum atomic E-state index is 5.34. The molecule has 1 aliphatic rings. The van der Waals surface area contributed by atoms with Gasteiger partial charge in [-0.05, 0) is 17.7 Å². The average Bonchev–Trinajstić information content (AvgIpc) is 3.22. The largest absolute Gasteiger partial charge is 0.469 e. The highest BCUT2D eigenvalue weighted by molar-refractivity contribution is 5.79. The fourth-order valence-electron chi connectivity index (χ4n) is 3.32. The molecule has 1 saturated heterocycles. The zero-order valence-corrected chi connectivity index (χ0v) is 16.2. The Labute approximate surface area is 162 Å². The Hall–Kier alpha value is -2.31. The van der Waals surface area contributed by atoms with E-state index in [2.05, 4.69) is 55.8 Å². The van der Waals surface area contributed by atoms with Gasteiger partial charge in [-0.15, -0.1) is 0 Å². The second-order valence-corrected chi connectivity index (χ2v) is 6.86. The van der Waals surface area contributed by atoms with Crippen LogP contribution in [0.25, 0.3) is 0 Å². The predicted octanol–water partition coefficient (Wildman–Crippen LogP) is 1.80. The van der Waals surface area contributed by atoms with E-state index in [-0.39, 0.29) is 0 Å². The zero-order chi connectivity index (χ0) is 18.7. The molecule has 0 atom stereocenters. The highest BCUT2D eigenvalue weighted by atomic mass is 16.3. The lowest BCUT2D eigenvalue weighted by Gasteiger charge is -2.34. The van der Waals surface area contributed by atoms with Crippen LogP contribution in [0.5, 0.6) is 0 Å². The van der Waals surface area contributed by atoms with Crippen molar-refractivity contribution in [3.63, 3.8) is 0 Å². The Morgan fingerprint density at radius 3 is 2.41 bits per heavy atom. The van der Waals surface area contributed by atoms with Crippen molar-refractivity contribution in [1.82, 2.24) is 20.4 Å². The van der Waals surface area contributed by atoms with Crippen molar-refractivity contribution in [2.45, 2.75) is 13.0 Å². The molecule has 0 amide bonds. The summed E-state index contributed by atoms with van der Waals surface area (Å²) in [6.45, 7) is 8.32. The number of nitrogens with one attached hydrogen (secondary N) is 2. The number of benzene rings is 1. The van der Waals surface area contributed by atoms with Crippen LogP contribution in [0, 0.1) is 0 Å². The predicted molar refractivity (Wildman–Crippen MR) is 110 cm³/mol. The minimum atomic E-state index is 0.811. The van der Waals surface area contributed by atoms with Gasteiger partial charge in [0.1, 0.15) is 5.76 Å². The molecule has 0 saturated carbocycles. The summed E-state index contributed by atoms with van der Waals surface area (Å²) in [7, 11) is 1.81. The van der Waals surface area contributed by atoms with Crippen LogP contribution in [-0.4, -0.2) is 68.6 Å². The van der Waals surface area contributed by atoms with E-state index in [0.29, 0.717) is 0 Å². The molecule has 27 heavy (non-hydrogen) atoms. The molecule has 2 aromatic rings. The molecule has 1 aromatic carbocycles. The molecule has 1 aliphatic heterocycles. The third-order valence-corrected chi connectivity index (χ3v) is 4.90. The van der Waals surface area contributed by atoms with Gasteiger partial charge in [0.25, 0.3) is 0 Å². The molecule has 2 N–H and O–H groups in total. The summed E-state index contributed by atoms with van der Waals surface area (Å²) in [6.07, 6.45) is 2.57. The van der Waals surface area contributed by atoms with Gasteiger partial charge in [-0.25, -0.2) is 0 Å². The standard InChI is InChI=1S/C21H31N5O/c1-22-21(23-10-9-20-8-5-17-27-20)24-11-12-25-13-15-26(16-14-25)18-19-6-3-2-4-7-19/h2-8,17H,9-16,18H2,1H3,(H2,22,23,24). The molecule has 1 fully saturated rings. The molecule has 1 aromatic heterocycles. The normalized spacial score (nSPS) is 16.4. The summed E-state index contributed by atoms with van der Waals surface area (Å²) >= 11 is 0. The number of aliphatic imine (C=N–C) groups is 1. The molecule has 0 radical (unpaired) electrons. The van der Waals surface area contributed by atoms with Gasteiger partial charge in [-0.1, -0.05) is 30.3 Å². The van der Waals surface area contributed by atoms with Gasteiger partial charge in [0.15, 0.2) is 5.96 Å². The van der Waals surface area contributed by atoms with E-state index in [1.54, 1.807) is 6.26 Å². The molecule has 0 bridgehead atoms. The first kappa shape index (κ1) is 19.5. The molecule has 6 nitrogen and oxygen atoms in total. The summed E-state index contributed by atoms with van der Waals surface area (Å²) < 4.78 is 5.34. The Morgan fingerprint density at radius 1 is 0.963 bits per heavy atom.